The largest absolute Gasteiger partial charge is 0.465 e. The van der Waals surface area contributed by atoms with Gasteiger partial charge in [0.05, 0.1) is 12.7 Å². The Hall–Kier alpha value is -2.33. The number of ether oxygens (including phenoxy) is 1. The zero-order valence-corrected chi connectivity index (χ0v) is 9.13. The third-order valence-electron chi connectivity index (χ3n) is 1.98. The molecular formula is C11H10FN3O2. The fraction of sp³-hybridized carbons (Fsp3) is 0.182. The third-order valence-corrected chi connectivity index (χ3v) is 1.98. The highest BCUT2D eigenvalue weighted by Gasteiger charge is 2.13. The van der Waals surface area contributed by atoms with E-state index in [0.29, 0.717) is 0 Å². The summed E-state index contributed by atoms with van der Waals surface area (Å²) < 4.78 is 18.2. The molecule has 0 atom stereocenters. The highest BCUT2D eigenvalue weighted by Crippen LogP contribution is 2.15. The molecule has 0 saturated heterocycles. The Morgan fingerprint density at radius 1 is 1.65 bits per heavy atom. The summed E-state index contributed by atoms with van der Waals surface area (Å²) in [6.45, 7) is 0.123. The topological polar surface area (TPSA) is 75.1 Å². The molecule has 0 N–H and O–H groups in total. The first-order valence-corrected chi connectivity index (χ1v) is 4.75. The molecule has 1 aromatic carbocycles. The number of methoxy groups -OCH3 is 1. The van der Waals surface area contributed by atoms with Crippen molar-refractivity contribution in [1.29, 1.82) is 0 Å². The van der Waals surface area contributed by atoms with Crippen molar-refractivity contribution in [1.82, 2.24) is 0 Å². The number of hydrogen-bond donors (Lipinski definition) is 0. The maximum absolute atomic E-state index is 13.8. The zero-order chi connectivity index (χ0) is 12.7. The van der Waals surface area contributed by atoms with Gasteiger partial charge in [0.25, 0.3) is 0 Å². The number of nitrogens with zero attached hydrogens (tertiary/aromatic N) is 3. The Kier molecular flexibility index (Phi) is 4.72. The standard InChI is InChI=1S/C11H10FN3O2/c1-17-11(16)9-6-2-4-8(10(9)12)5-3-7-14-15-13/h2-6H,7H2,1H3. The molecule has 0 aliphatic heterocycles. The Balaban J connectivity index is 2.98. The van der Waals surface area contributed by atoms with E-state index in [9.17, 15) is 9.18 Å². The summed E-state index contributed by atoms with van der Waals surface area (Å²) in [6, 6.07) is 4.39. The van der Waals surface area contributed by atoms with Crippen LogP contribution in [-0.4, -0.2) is 19.6 Å². The number of azide groups is 1. The summed E-state index contributed by atoms with van der Waals surface area (Å²) in [7, 11) is 1.19. The van der Waals surface area contributed by atoms with E-state index in [1.807, 2.05) is 0 Å². The van der Waals surface area contributed by atoms with Crippen LogP contribution in [0.15, 0.2) is 29.4 Å². The van der Waals surface area contributed by atoms with E-state index in [4.69, 9.17) is 5.53 Å². The van der Waals surface area contributed by atoms with Crippen molar-refractivity contribution in [3.63, 3.8) is 0 Å². The first-order chi connectivity index (χ1) is 8.20. The van der Waals surface area contributed by atoms with Crippen LogP contribution in [0.1, 0.15) is 15.9 Å². The summed E-state index contributed by atoms with van der Waals surface area (Å²) in [5, 5.41) is 3.27. The lowest BCUT2D eigenvalue weighted by Crippen LogP contribution is -2.05. The highest BCUT2D eigenvalue weighted by atomic mass is 19.1. The zero-order valence-electron chi connectivity index (χ0n) is 9.13. The van der Waals surface area contributed by atoms with Gasteiger partial charge in [-0.05, 0) is 11.6 Å². The lowest BCUT2D eigenvalue weighted by molar-refractivity contribution is 0.0595. The summed E-state index contributed by atoms with van der Waals surface area (Å²) in [5.74, 6) is -1.38. The van der Waals surface area contributed by atoms with Gasteiger partial charge in [0, 0.05) is 17.0 Å². The van der Waals surface area contributed by atoms with E-state index in [0.717, 1.165) is 0 Å². The van der Waals surface area contributed by atoms with Crippen molar-refractivity contribution in [3.05, 3.63) is 51.7 Å². The van der Waals surface area contributed by atoms with Gasteiger partial charge in [0.2, 0.25) is 0 Å². The maximum Gasteiger partial charge on any atom is 0.340 e. The number of carbonyl (C=O) groups excluding carboxylic acids is 1. The van der Waals surface area contributed by atoms with Crippen molar-refractivity contribution in [3.8, 4) is 0 Å². The van der Waals surface area contributed by atoms with Gasteiger partial charge < -0.3 is 4.74 Å². The van der Waals surface area contributed by atoms with Crippen LogP contribution in [0, 0.1) is 5.82 Å². The van der Waals surface area contributed by atoms with Crippen LogP contribution in [0.25, 0.3) is 16.5 Å². The van der Waals surface area contributed by atoms with Gasteiger partial charge in [-0.25, -0.2) is 9.18 Å². The molecule has 0 radical (unpaired) electrons. The summed E-state index contributed by atoms with van der Waals surface area (Å²) >= 11 is 0. The van der Waals surface area contributed by atoms with E-state index in [-0.39, 0.29) is 17.7 Å². The molecule has 6 heteroatoms. The quantitative estimate of drug-likeness (QED) is 0.348. The lowest BCUT2D eigenvalue weighted by Gasteiger charge is -2.03. The summed E-state index contributed by atoms with van der Waals surface area (Å²) in [6.07, 6.45) is 2.94. The first kappa shape index (κ1) is 12.7. The second-order valence-electron chi connectivity index (χ2n) is 3.02. The third kappa shape index (κ3) is 3.32. The van der Waals surface area contributed by atoms with Crippen LogP contribution in [0.5, 0.6) is 0 Å². The molecule has 0 fully saturated rings. The first-order valence-electron chi connectivity index (χ1n) is 4.75. The van der Waals surface area contributed by atoms with Gasteiger partial charge >= 0.3 is 5.97 Å². The van der Waals surface area contributed by atoms with Crippen molar-refractivity contribution in [2.24, 2.45) is 5.11 Å². The molecular weight excluding hydrogens is 225 g/mol. The van der Waals surface area contributed by atoms with E-state index >= 15 is 0 Å². The molecule has 1 aromatic rings. The number of carbonyl (C=O) groups is 1. The highest BCUT2D eigenvalue weighted by molar-refractivity contribution is 5.90. The van der Waals surface area contributed by atoms with E-state index in [1.54, 1.807) is 6.07 Å². The molecule has 17 heavy (non-hydrogen) atoms. The van der Waals surface area contributed by atoms with Gasteiger partial charge in [-0.15, -0.1) is 0 Å². The smallest absolute Gasteiger partial charge is 0.340 e. The SMILES string of the molecule is COC(=O)c1cccc(C=CCN=[N+]=[N-])c1F. The fourth-order valence-electron chi connectivity index (χ4n) is 1.21. The van der Waals surface area contributed by atoms with Crippen LogP contribution in [-0.2, 0) is 4.74 Å². The van der Waals surface area contributed by atoms with Crippen LogP contribution < -0.4 is 0 Å². The molecule has 88 valence electrons. The summed E-state index contributed by atoms with van der Waals surface area (Å²) in [4.78, 5) is 13.8. The van der Waals surface area contributed by atoms with Crippen molar-refractivity contribution in [2.45, 2.75) is 0 Å². The minimum absolute atomic E-state index is 0.123. The Morgan fingerprint density at radius 3 is 3.06 bits per heavy atom. The number of esters is 1. The molecule has 0 amide bonds. The maximum atomic E-state index is 13.8. The molecule has 0 saturated carbocycles. The van der Waals surface area contributed by atoms with Gasteiger partial charge in [-0.3, -0.25) is 0 Å². The molecule has 0 aliphatic rings. The molecule has 0 unspecified atom stereocenters. The van der Waals surface area contributed by atoms with Crippen molar-refractivity contribution >= 4 is 12.0 Å². The number of rotatable bonds is 4. The minimum Gasteiger partial charge on any atom is -0.465 e. The molecule has 0 bridgehead atoms. The molecule has 0 aromatic heterocycles. The van der Waals surface area contributed by atoms with E-state index in [1.165, 1.54) is 31.4 Å². The lowest BCUT2D eigenvalue weighted by atomic mass is 10.1. The second kappa shape index (κ2) is 6.30. The summed E-state index contributed by atoms with van der Waals surface area (Å²) in [5.41, 5.74) is 8.17. The number of halogens is 1. The Labute approximate surface area is 97.1 Å². The Bertz CT molecular complexity index is 493. The molecule has 5 nitrogen and oxygen atoms in total. The predicted molar refractivity (Wildman–Crippen MR) is 60.8 cm³/mol. The van der Waals surface area contributed by atoms with Crippen LogP contribution >= 0.6 is 0 Å². The van der Waals surface area contributed by atoms with Gasteiger partial charge in [0.15, 0.2) is 0 Å². The van der Waals surface area contributed by atoms with E-state index in [2.05, 4.69) is 14.8 Å². The monoisotopic (exact) mass is 235 g/mol. The number of benzene rings is 1. The van der Waals surface area contributed by atoms with Gasteiger partial charge in [-0.2, -0.15) is 0 Å². The average molecular weight is 235 g/mol. The van der Waals surface area contributed by atoms with E-state index < -0.39 is 11.8 Å². The molecule has 1 rings (SSSR count). The molecule has 0 spiro atoms. The predicted octanol–water partition coefficient (Wildman–Crippen LogP) is 2.94. The Morgan fingerprint density at radius 2 is 2.41 bits per heavy atom. The normalized spacial score (nSPS) is 10.0. The fourth-order valence-corrected chi connectivity index (χ4v) is 1.21. The van der Waals surface area contributed by atoms with Gasteiger partial charge in [0.1, 0.15) is 5.82 Å². The van der Waals surface area contributed by atoms with Crippen LogP contribution in [0.4, 0.5) is 4.39 Å². The molecule has 0 heterocycles. The number of hydrogen-bond acceptors (Lipinski definition) is 3. The average Bonchev–Trinajstić information content (AvgIpc) is 2.35. The molecule has 0 aliphatic carbocycles. The minimum atomic E-state index is -0.729. The van der Waals surface area contributed by atoms with Crippen LogP contribution in [0.3, 0.4) is 0 Å². The van der Waals surface area contributed by atoms with Gasteiger partial charge in [-0.1, -0.05) is 29.4 Å². The second-order valence-corrected chi connectivity index (χ2v) is 3.02. The van der Waals surface area contributed by atoms with Crippen molar-refractivity contribution in [2.75, 3.05) is 13.7 Å². The van der Waals surface area contributed by atoms with Crippen LogP contribution in [0.2, 0.25) is 0 Å². The van der Waals surface area contributed by atoms with Crippen molar-refractivity contribution < 1.29 is 13.9 Å².